The maximum absolute atomic E-state index is 10.9. The van der Waals surface area contributed by atoms with E-state index in [2.05, 4.69) is 30.8 Å². The molecule has 0 aliphatic rings. The Morgan fingerprint density at radius 1 is 1.05 bits per heavy atom. The van der Waals surface area contributed by atoms with Gasteiger partial charge in [-0.3, -0.25) is 10.1 Å². The number of aryl methyl sites for hydroxylation is 1. The minimum absolute atomic E-state index is 0. The highest BCUT2D eigenvalue weighted by Gasteiger charge is 2.12. The molecule has 198 valence electrons. The molecule has 2 aromatic heterocycles. The van der Waals surface area contributed by atoms with E-state index in [-0.39, 0.29) is 24.0 Å². The summed E-state index contributed by atoms with van der Waals surface area (Å²) in [5, 5.41) is 18.9. The van der Waals surface area contributed by atoms with Crippen LogP contribution in [0.4, 0.5) is 29.2 Å². The van der Waals surface area contributed by atoms with Gasteiger partial charge in [-0.15, -0.1) is 12.4 Å². The van der Waals surface area contributed by atoms with Crippen LogP contribution in [0.25, 0.3) is 11.3 Å². The standard InChI is InChI=1S/C25H25ClN8O3.ClH/c1-4-33(5-2)25-30-23(28-18-9-6-16(3)21(26)14-18)29-24(31-25)32-27-15-20-12-13-22(37-20)17-7-10-19(11-8-17)34(35)36;/h6-15H,4-5H2,1-3H3,(H2,28,29,30,31,32);1H. The smallest absolute Gasteiger partial charge is 0.269 e. The molecule has 0 saturated heterocycles. The van der Waals surface area contributed by atoms with E-state index in [1.165, 1.54) is 18.3 Å². The van der Waals surface area contributed by atoms with E-state index in [9.17, 15) is 10.1 Å². The number of nitrogens with zero attached hydrogens (tertiary/aromatic N) is 6. The number of nitro groups is 1. The van der Waals surface area contributed by atoms with Crippen LogP contribution in [-0.2, 0) is 0 Å². The van der Waals surface area contributed by atoms with Crippen LogP contribution in [0.15, 0.2) is 64.1 Å². The van der Waals surface area contributed by atoms with Crippen LogP contribution in [0.3, 0.4) is 0 Å². The molecule has 0 unspecified atom stereocenters. The first-order chi connectivity index (χ1) is 17.9. The van der Waals surface area contributed by atoms with E-state index >= 15 is 0 Å². The molecular weight excluding hydrogens is 531 g/mol. The molecule has 2 heterocycles. The number of benzene rings is 2. The van der Waals surface area contributed by atoms with Gasteiger partial charge >= 0.3 is 0 Å². The van der Waals surface area contributed by atoms with Crippen molar-refractivity contribution in [3.8, 4) is 11.3 Å². The third-order valence-electron chi connectivity index (χ3n) is 5.44. The number of nitro benzene ring substituents is 1. The van der Waals surface area contributed by atoms with Crippen molar-refractivity contribution in [1.29, 1.82) is 0 Å². The molecule has 0 saturated carbocycles. The van der Waals surface area contributed by atoms with Crippen molar-refractivity contribution in [3.63, 3.8) is 0 Å². The zero-order chi connectivity index (χ0) is 26.4. The van der Waals surface area contributed by atoms with Gasteiger partial charge in [-0.25, -0.2) is 5.43 Å². The van der Waals surface area contributed by atoms with Gasteiger partial charge in [0.1, 0.15) is 11.5 Å². The predicted octanol–water partition coefficient (Wildman–Crippen LogP) is 6.46. The summed E-state index contributed by atoms with van der Waals surface area (Å²) in [5.74, 6) is 2.12. The average Bonchev–Trinajstić information content (AvgIpc) is 3.36. The maximum atomic E-state index is 10.9. The first kappa shape index (κ1) is 28.4. The number of furan rings is 1. The van der Waals surface area contributed by atoms with Crippen LogP contribution in [-0.4, -0.2) is 39.2 Å². The number of hydrogen-bond acceptors (Lipinski definition) is 10. The second kappa shape index (κ2) is 12.8. The Balaban J connectivity index is 0.00000400. The quantitative estimate of drug-likeness (QED) is 0.128. The van der Waals surface area contributed by atoms with Crippen molar-refractivity contribution in [3.05, 3.63) is 81.1 Å². The lowest BCUT2D eigenvalue weighted by atomic mass is 10.1. The lowest BCUT2D eigenvalue weighted by Gasteiger charge is -2.19. The van der Waals surface area contributed by atoms with Crippen molar-refractivity contribution < 1.29 is 9.34 Å². The Bertz CT molecular complexity index is 1420. The van der Waals surface area contributed by atoms with Crippen molar-refractivity contribution in [2.45, 2.75) is 20.8 Å². The SMILES string of the molecule is CCN(CC)c1nc(NN=Cc2ccc(-c3ccc([N+](=O)[O-])cc3)o2)nc(Nc2ccc(C)c(Cl)c2)n1.Cl. The fraction of sp³-hybridized carbons (Fsp3) is 0.200. The number of aromatic nitrogens is 3. The number of rotatable bonds is 10. The summed E-state index contributed by atoms with van der Waals surface area (Å²) in [6, 6.07) is 15.2. The molecule has 0 fully saturated rings. The van der Waals surface area contributed by atoms with Gasteiger partial charge in [0.2, 0.25) is 17.8 Å². The van der Waals surface area contributed by atoms with Gasteiger partial charge in [-0.05, 0) is 62.7 Å². The minimum Gasteiger partial charge on any atom is -0.455 e. The van der Waals surface area contributed by atoms with E-state index < -0.39 is 4.92 Å². The summed E-state index contributed by atoms with van der Waals surface area (Å²) >= 11 is 6.26. The average molecular weight is 557 g/mol. The fourth-order valence-electron chi connectivity index (χ4n) is 3.40. The zero-order valence-electron chi connectivity index (χ0n) is 20.9. The number of nitrogens with one attached hydrogen (secondary N) is 2. The van der Waals surface area contributed by atoms with Crippen LogP contribution in [0, 0.1) is 17.0 Å². The molecule has 0 radical (unpaired) electrons. The van der Waals surface area contributed by atoms with Crippen LogP contribution < -0.4 is 15.6 Å². The van der Waals surface area contributed by atoms with Gasteiger partial charge in [-0.2, -0.15) is 20.1 Å². The van der Waals surface area contributed by atoms with Crippen molar-refractivity contribution in [2.24, 2.45) is 5.10 Å². The fourth-order valence-corrected chi connectivity index (χ4v) is 3.58. The Kier molecular flexibility index (Phi) is 9.58. The third kappa shape index (κ3) is 6.96. The molecule has 0 amide bonds. The van der Waals surface area contributed by atoms with Crippen molar-refractivity contribution in [1.82, 2.24) is 15.0 Å². The highest BCUT2D eigenvalue weighted by Crippen LogP contribution is 2.25. The number of hydrazone groups is 1. The normalized spacial score (nSPS) is 10.7. The summed E-state index contributed by atoms with van der Waals surface area (Å²) in [6.45, 7) is 7.41. The Hall–Kier alpha value is -4.22. The molecule has 4 aromatic rings. The van der Waals surface area contributed by atoms with Crippen molar-refractivity contribution >= 4 is 59.4 Å². The molecule has 13 heteroatoms. The van der Waals surface area contributed by atoms with Gasteiger partial charge in [0.05, 0.1) is 11.1 Å². The predicted molar refractivity (Wildman–Crippen MR) is 152 cm³/mol. The molecule has 11 nitrogen and oxygen atoms in total. The summed E-state index contributed by atoms with van der Waals surface area (Å²) in [4.78, 5) is 25.8. The van der Waals surface area contributed by atoms with Gasteiger partial charge < -0.3 is 14.6 Å². The molecular formula is C25H26Cl2N8O3. The third-order valence-corrected chi connectivity index (χ3v) is 5.85. The van der Waals surface area contributed by atoms with E-state index in [1.54, 1.807) is 24.3 Å². The zero-order valence-corrected chi connectivity index (χ0v) is 22.5. The van der Waals surface area contributed by atoms with Crippen LogP contribution in [0.2, 0.25) is 5.02 Å². The number of hydrogen-bond donors (Lipinski definition) is 2. The Morgan fingerprint density at radius 2 is 1.76 bits per heavy atom. The lowest BCUT2D eigenvalue weighted by Crippen LogP contribution is -2.25. The second-order valence-electron chi connectivity index (χ2n) is 7.92. The Labute approximate surface area is 230 Å². The van der Waals surface area contributed by atoms with Crippen LogP contribution in [0.1, 0.15) is 25.2 Å². The first-order valence-corrected chi connectivity index (χ1v) is 11.9. The minimum atomic E-state index is -0.445. The molecule has 2 aromatic carbocycles. The van der Waals surface area contributed by atoms with Crippen LogP contribution in [0.5, 0.6) is 0 Å². The topological polar surface area (TPSA) is 135 Å². The number of halogens is 2. The molecule has 0 bridgehead atoms. The lowest BCUT2D eigenvalue weighted by molar-refractivity contribution is -0.384. The largest absolute Gasteiger partial charge is 0.455 e. The molecule has 0 aliphatic carbocycles. The molecule has 2 N–H and O–H groups in total. The molecule has 0 aliphatic heterocycles. The maximum Gasteiger partial charge on any atom is 0.269 e. The van der Waals surface area contributed by atoms with Gasteiger partial charge in [0, 0.05) is 41.5 Å². The molecule has 0 spiro atoms. The molecule has 38 heavy (non-hydrogen) atoms. The number of anilines is 4. The number of non-ortho nitro benzene ring substituents is 1. The second-order valence-corrected chi connectivity index (χ2v) is 8.33. The molecule has 4 rings (SSSR count). The van der Waals surface area contributed by atoms with E-state index in [1.807, 2.05) is 43.9 Å². The monoisotopic (exact) mass is 556 g/mol. The summed E-state index contributed by atoms with van der Waals surface area (Å²) in [6.07, 6.45) is 1.49. The Morgan fingerprint density at radius 3 is 2.42 bits per heavy atom. The first-order valence-electron chi connectivity index (χ1n) is 11.5. The van der Waals surface area contributed by atoms with Crippen LogP contribution >= 0.6 is 24.0 Å². The van der Waals surface area contributed by atoms with Gasteiger partial charge in [-0.1, -0.05) is 17.7 Å². The van der Waals surface area contributed by atoms with Crippen molar-refractivity contribution in [2.75, 3.05) is 28.7 Å². The highest BCUT2D eigenvalue weighted by molar-refractivity contribution is 6.31. The van der Waals surface area contributed by atoms with Gasteiger partial charge in [0.15, 0.2) is 0 Å². The summed E-state index contributed by atoms with van der Waals surface area (Å²) in [7, 11) is 0. The molecule has 0 atom stereocenters. The highest BCUT2D eigenvalue weighted by atomic mass is 35.5. The summed E-state index contributed by atoms with van der Waals surface area (Å²) in [5.41, 5.74) is 5.28. The van der Waals surface area contributed by atoms with E-state index in [0.29, 0.717) is 34.0 Å². The van der Waals surface area contributed by atoms with E-state index in [4.69, 9.17) is 16.0 Å². The van der Waals surface area contributed by atoms with E-state index in [0.717, 1.165) is 24.3 Å². The van der Waals surface area contributed by atoms with Gasteiger partial charge in [0.25, 0.3) is 5.69 Å². The summed E-state index contributed by atoms with van der Waals surface area (Å²) < 4.78 is 5.78.